The van der Waals surface area contributed by atoms with Crippen LogP contribution < -0.4 is 0 Å². The Kier molecular flexibility index (Phi) is 7.26. The summed E-state index contributed by atoms with van der Waals surface area (Å²) in [5.41, 5.74) is 2.45. The van der Waals surface area contributed by atoms with Crippen LogP contribution in [0.4, 0.5) is 4.39 Å². The third-order valence-corrected chi connectivity index (χ3v) is 5.69. The van der Waals surface area contributed by atoms with Crippen LogP contribution in [0.1, 0.15) is 16.1 Å². The lowest BCUT2D eigenvalue weighted by Gasteiger charge is -2.09. The van der Waals surface area contributed by atoms with Gasteiger partial charge in [-0.15, -0.1) is 11.3 Å². The van der Waals surface area contributed by atoms with Crippen LogP contribution in [0.2, 0.25) is 10.0 Å². The van der Waals surface area contributed by atoms with Gasteiger partial charge in [0.05, 0.1) is 36.2 Å². The number of aromatic nitrogens is 1. The molecule has 30 heavy (non-hydrogen) atoms. The quantitative estimate of drug-likeness (QED) is 0.230. The number of rotatable bonds is 6. The summed E-state index contributed by atoms with van der Waals surface area (Å²) >= 11 is 13.2. The van der Waals surface area contributed by atoms with Crippen molar-refractivity contribution in [1.29, 1.82) is 0 Å². The number of ether oxygens (including phenoxy) is 2. The molecule has 0 fully saturated rings. The molecule has 0 amide bonds. The highest BCUT2D eigenvalue weighted by molar-refractivity contribution is 7.11. The molecular weight excluding hydrogens is 448 g/mol. The van der Waals surface area contributed by atoms with Crippen molar-refractivity contribution in [2.45, 2.75) is 0 Å². The van der Waals surface area contributed by atoms with E-state index in [0.717, 1.165) is 16.9 Å². The first-order valence-corrected chi connectivity index (χ1v) is 10.3. The predicted molar refractivity (Wildman–Crippen MR) is 120 cm³/mol. The van der Waals surface area contributed by atoms with Gasteiger partial charge < -0.3 is 9.47 Å². The first kappa shape index (κ1) is 22.0. The maximum Gasteiger partial charge on any atom is 0.341 e. The third-order valence-electron chi connectivity index (χ3n) is 4.10. The second-order valence-electron chi connectivity index (χ2n) is 6.01. The molecule has 2 aromatic carbocycles. The Morgan fingerprint density at radius 3 is 2.60 bits per heavy atom. The highest BCUT2D eigenvalue weighted by Crippen LogP contribution is 2.32. The normalized spacial score (nSPS) is 12.0. The number of methoxy groups -OCH3 is 2. The van der Waals surface area contributed by atoms with E-state index in [2.05, 4.69) is 4.98 Å². The SMILES string of the molecule is CO/C=C(/C(=O)OC)c1ccccc1/C=C(/F)c1nc(-c2ccc(Cl)c(Cl)c2)cs1. The zero-order chi connectivity index (χ0) is 21.7. The minimum absolute atomic E-state index is 0.176. The summed E-state index contributed by atoms with van der Waals surface area (Å²) in [6, 6.07) is 12.0. The molecule has 0 unspecified atom stereocenters. The first-order valence-electron chi connectivity index (χ1n) is 8.63. The lowest BCUT2D eigenvalue weighted by Crippen LogP contribution is -2.05. The topological polar surface area (TPSA) is 48.4 Å². The van der Waals surface area contributed by atoms with Gasteiger partial charge in [-0.05, 0) is 29.3 Å². The van der Waals surface area contributed by atoms with Gasteiger partial charge in [0, 0.05) is 10.9 Å². The van der Waals surface area contributed by atoms with Gasteiger partial charge in [0.25, 0.3) is 0 Å². The van der Waals surface area contributed by atoms with Crippen molar-refractivity contribution in [3.63, 3.8) is 0 Å². The van der Waals surface area contributed by atoms with Gasteiger partial charge in [-0.1, -0.05) is 53.5 Å². The molecule has 0 bridgehead atoms. The fraction of sp³-hybridized carbons (Fsp3) is 0.0909. The van der Waals surface area contributed by atoms with Crippen molar-refractivity contribution in [1.82, 2.24) is 4.98 Å². The molecule has 0 aliphatic heterocycles. The van der Waals surface area contributed by atoms with Crippen molar-refractivity contribution >= 4 is 58.0 Å². The van der Waals surface area contributed by atoms with Crippen LogP contribution in [0.15, 0.2) is 54.1 Å². The zero-order valence-electron chi connectivity index (χ0n) is 16.0. The fourth-order valence-corrected chi connectivity index (χ4v) is 3.72. The molecule has 3 aromatic rings. The summed E-state index contributed by atoms with van der Waals surface area (Å²) in [7, 11) is 2.69. The van der Waals surface area contributed by atoms with E-state index in [-0.39, 0.29) is 10.6 Å². The number of esters is 1. The molecule has 0 saturated carbocycles. The molecule has 0 N–H and O–H groups in total. The minimum Gasteiger partial charge on any atom is -0.503 e. The molecule has 1 aromatic heterocycles. The van der Waals surface area contributed by atoms with Gasteiger partial charge in [-0.3, -0.25) is 0 Å². The number of hydrogen-bond donors (Lipinski definition) is 0. The van der Waals surface area contributed by atoms with Crippen LogP contribution >= 0.6 is 34.5 Å². The van der Waals surface area contributed by atoms with Crippen LogP contribution in [-0.4, -0.2) is 25.2 Å². The standard InChI is InChI=1S/C22H16Cl2FNO3S/c1-28-11-16(22(27)29-2)15-6-4-3-5-13(15)10-19(25)21-26-20(12-30-21)14-7-8-17(23)18(24)9-14/h3-12H,1-2H3/b16-11+,19-10+. The molecule has 0 atom stereocenters. The van der Waals surface area contributed by atoms with Gasteiger partial charge in [0.2, 0.25) is 0 Å². The van der Waals surface area contributed by atoms with Gasteiger partial charge in [0.1, 0.15) is 5.57 Å². The maximum absolute atomic E-state index is 15.0. The second-order valence-corrected chi connectivity index (χ2v) is 7.68. The lowest BCUT2D eigenvalue weighted by atomic mass is 10.00. The van der Waals surface area contributed by atoms with Crippen LogP contribution in [0.3, 0.4) is 0 Å². The van der Waals surface area contributed by atoms with E-state index < -0.39 is 11.8 Å². The Balaban J connectivity index is 1.97. The van der Waals surface area contributed by atoms with E-state index >= 15 is 4.39 Å². The van der Waals surface area contributed by atoms with Gasteiger partial charge in [-0.25, -0.2) is 14.2 Å². The van der Waals surface area contributed by atoms with E-state index in [1.165, 1.54) is 26.6 Å². The average Bonchev–Trinajstić information content (AvgIpc) is 3.24. The molecule has 0 spiro atoms. The Morgan fingerprint density at radius 2 is 1.90 bits per heavy atom. The van der Waals surface area contributed by atoms with Crippen molar-refractivity contribution in [2.75, 3.05) is 14.2 Å². The van der Waals surface area contributed by atoms with Crippen molar-refractivity contribution in [2.24, 2.45) is 0 Å². The third kappa shape index (κ3) is 4.90. The van der Waals surface area contributed by atoms with Crippen LogP contribution in [-0.2, 0) is 14.3 Å². The summed E-state index contributed by atoms with van der Waals surface area (Å²) < 4.78 is 24.8. The summed E-state index contributed by atoms with van der Waals surface area (Å²) in [4.78, 5) is 16.5. The minimum atomic E-state index is -0.589. The smallest absolute Gasteiger partial charge is 0.341 e. The van der Waals surface area contributed by atoms with Gasteiger partial charge >= 0.3 is 5.97 Å². The molecular formula is C22H16Cl2FNO3S. The van der Waals surface area contributed by atoms with Crippen LogP contribution in [0, 0.1) is 0 Å². The monoisotopic (exact) mass is 463 g/mol. The Labute approximate surface area is 187 Å². The van der Waals surface area contributed by atoms with E-state index in [4.69, 9.17) is 32.7 Å². The Morgan fingerprint density at radius 1 is 1.13 bits per heavy atom. The number of thiazole rings is 1. The number of halogens is 3. The molecule has 1 heterocycles. The number of nitrogens with zero attached hydrogens (tertiary/aromatic N) is 1. The van der Waals surface area contributed by atoms with E-state index in [0.29, 0.717) is 26.9 Å². The van der Waals surface area contributed by atoms with Gasteiger partial charge in [-0.2, -0.15) is 0 Å². The average molecular weight is 464 g/mol. The van der Waals surface area contributed by atoms with Crippen molar-refractivity contribution in [3.05, 3.63) is 80.3 Å². The second kappa shape index (κ2) is 9.89. The fourth-order valence-electron chi connectivity index (χ4n) is 2.69. The molecule has 0 aliphatic carbocycles. The Bertz CT molecular complexity index is 1140. The molecule has 0 aliphatic rings. The number of hydrogen-bond acceptors (Lipinski definition) is 5. The highest BCUT2D eigenvalue weighted by atomic mass is 35.5. The maximum atomic E-state index is 15.0. The molecule has 154 valence electrons. The van der Waals surface area contributed by atoms with E-state index in [1.807, 2.05) is 0 Å². The predicted octanol–water partition coefficient (Wildman–Crippen LogP) is 6.74. The molecule has 0 saturated heterocycles. The highest BCUT2D eigenvalue weighted by Gasteiger charge is 2.17. The largest absolute Gasteiger partial charge is 0.503 e. The van der Waals surface area contributed by atoms with Gasteiger partial charge in [0.15, 0.2) is 10.8 Å². The van der Waals surface area contributed by atoms with Crippen molar-refractivity contribution in [3.8, 4) is 11.3 Å². The summed E-state index contributed by atoms with van der Waals surface area (Å²) in [6.45, 7) is 0. The number of carbonyl (C=O) groups excluding carboxylic acids is 1. The van der Waals surface area contributed by atoms with Crippen LogP contribution in [0.25, 0.3) is 28.7 Å². The summed E-state index contributed by atoms with van der Waals surface area (Å²) in [5, 5.41) is 2.76. The molecule has 3 rings (SSSR count). The van der Waals surface area contributed by atoms with E-state index in [1.54, 1.807) is 47.8 Å². The molecule has 0 radical (unpaired) electrons. The zero-order valence-corrected chi connectivity index (χ0v) is 18.3. The van der Waals surface area contributed by atoms with Crippen LogP contribution in [0.5, 0.6) is 0 Å². The number of carbonyl (C=O) groups is 1. The molecule has 4 nitrogen and oxygen atoms in total. The number of benzene rings is 2. The van der Waals surface area contributed by atoms with Crippen molar-refractivity contribution < 1.29 is 18.7 Å². The van der Waals surface area contributed by atoms with E-state index in [9.17, 15) is 4.79 Å². The lowest BCUT2D eigenvalue weighted by molar-refractivity contribution is -0.133. The summed E-state index contributed by atoms with van der Waals surface area (Å²) in [6.07, 6.45) is 2.58. The molecule has 8 heteroatoms. The Hall–Kier alpha value is -2.67. The first-order chi connectivity index (χ1) is 14.4. The summed E-state index contributed by atoms with van der Waals surface area (Å²) in [5.74, 6) is -1.13.